The summed E-state index contributed by atoms with van der Waals surface area (Å²) in [6.45, 7) is -3.25. The fourth-order valence-corrected chi connectivity index (χ4v) is 1.84. The van der Waals surface area contributed by atoms with E-state index >= 15 is 0 Å². The Kier molecular flexibility index (Phi) is 5.24. The van der Waals surface area contributed by atoms with Crippen LogP contribution in [-0.4, -0.2) is 24.9 Å². The van der Waals surface area contributed by atoms with Gasteiger partial charge in [-0.15, -0.1) is 0 Å². The van der Waals surface area contributed by atoms with Gasteiger partial charge in [-0.25, -0.2) is 0 Å². The van der Waals surface area contributed by atoms with Crippen LogP contribution in [0.5, 0.6) is 11.5 Å². The van der Waals surface area contributed by atoms with Crippen LogP contribution in [0.2, 0.25) is 0 Å². The van der Waals surface area contributed by atoms with Gasteiger partial charge >= 0.3 is 6.61 Å². The van der Waals surface area contributed by atoms with Crippen molar-refractivity contribution in [3.05, 3.63) is 59.7 Å². The monoisotopic (exact) mass is 321 g/mol. The molecule has 0 saturated carbocycles. The second-order valence-corrected chi connectivity index (χ2v) is 4.48. The minimum absolute atomic E-state index is 0.0449. The first-order chi connectivity index (χ1) is 11.0. The Balaban J connectivity index is 2.01. The van der Waals surface area contributed by atoms with Gasteiger partial charge in [0.05, 0.1) is 5.56 Å². The number of ketones is 1. The third kappa shape index (κ3) is 4.50. The lowest BCUT2D eigenvalue weighted by Gasteiger charge is -2.09. The van der Waals surface area contributed by atoms with E-state index in [1.807, 2.05) is 0 Å². The zero-order valence-electron chi connectivity index (χ0n) is 11.9. The summed E-state index contributed by atoms with van der Waals surface area (Å²) >= 11 is 0. The van der Waals surface area contributed by atoms with Crippen molar-refractivity contribution in [1.29, 1.82) is 0 Å². The number of nitrogens with two attached hydrogens (primary N) is 1. The highest BCUT2D eigenvalue weighted by molar-refractivity contribution is 5.98. The molecular weight excluding hydrogens is 308 g/mol. The molecule has 0 atom stereocenters. The minimum atomic E-state index is -2.93. The number of para-hydroxylation sites is 1. The normalized spacial score (nSPS) is 10.4. The van der Waals surface area contributed by atoms with E-state index in [2.05, 4.69) is 4.74 Å². The van der Waals surface area contributed by atoms with Gasteiger partial charge in [-0.1, -0.05) is 12.1 Å². The van der Waals surface area contributed by atoms with Crippen LogP contribution < -0.4 is 15.2 Å². The number of amides is 1. The van der Waals surface area contributed by atoms with E-state index in [0.717, 1.165) is 0 Å². The molecule has 0 bridgehead atoms. The van der Waals surface area contributed by atoms with E-state index < -0.39 is 12.5 Å². The molecule has 0 saturated heterocycles. The van der Waals surface area contributed by atoms with Gasteiger partial charge in [-0.05, 0) is 36.4 Å². The Hall–Kier alpha value is -2.96. The average molecular weight is 321 g/mol. The molecule has 0 unspecified atom stereocenters. The fraction of sp³-hybridized carbons (Fsp3) is 0.125. The topological polar surface area (TPSA) is 78.6 Å². The maximum absolute atomic E-state index is 12.0. The highest BCUT2D eigenvalue weighted by Crippen LogP contribution is 2.18. The summed E-state index contributed by atoms with van der Waals surface area (Å²) in [7, 11) is 0. The van der Waals surface area contributed by atoms with E-state index in [-0.39, 0.29) is 35.0 Å². The highest BCUT2D eigenvalue weighted by atomic mass is 19.3. The predicted molar refractivity (Wildman–Crippen MR) is 77.9 cm³/mol. The molecule has 1 amide bonds. The number of carbonyl (C=O) groups is 2. The van der Waals surface area contributed by atoms with Crippen LogP contribution in [0.1, 0.15) is 20.7 Å². The molecule has 0 spiro atoms. The minimum Gasteiger partial charge on any atom is -0.485 e. The van der Waals surface area contributed by atoms with Crippen LogP contribution in [-0.2, 0) is 0 Å². The zero-order valence-corrected chi connectivity index (χ0v) is 11.9. The first kappa shape index (κ1) is 16.4. The number of Topliss-reactive ketones (excluding diaryl/α,β-unsaturated/α-hetero) is 1. The molecule has 2 aromatic carbocycles. The van der Waals surface area contributed by atoms with Crippen LogP contribution >= 0.6 is 0 Å². The molecule has 0 heterocycles. The summed E-state index contributed by atoms with van der Waals surface area (Å²) in [5, 5.41) is 0. The van der Waals surface area contributed by atoms with Crippen LogP contribution in [0.3, 0.4) is 0 Å². The van der Waals surface area contributed by atoms with E-state index in [1.165, 1.54) is 36.4 Å². The summed E-state index contributed by atoms with van der Waals surface area (Å²) in [6.07, 6.45) is 0. The van der Waals surface area contributed by atoms with Gasteiger partial charge in [0.2, 0.25) is 0 Å². The summed E-state index contributed by atoms with van der Waals surface area (Å²) in [5.41, 5.74) is 5.64. The third-order valence-electron chi connectivity index (χ3n) is 2.91. The van der Waals surface area contributed by atoms with Crippen molar-refractivity contribution in [3.63, 3.8) is 0 Å². The summed E-state index contributed by atoms with van der Waals surface area (Å²) < 4.78 is 33.6. The molecule has 0 radical (unpaired) electrons. The quantitative estimate of drug-likeness (QED) is 0.795. The number of rotatable bonds is 7. The number of ether oxygens (including phenoxy) is 2. The van der Waals surface area contributed by atoms with Crippen LogP contribution in [0, 0.1) is 0 Å². The van der Waals surface area contributed by atoms with E-state index in [1.54, 1.807) is 12.1 Å². The smallest absolute Gasteiger partial charge is 0.387 e. The van der Waals surface area contributed by atoms with Crippen LogP contribution in [0.25, 0.3) is 0 Å². The number of carbonyl (C=O) groups excluding carboxylic acids is 2. The van der Waals surface area contributed by atoms with Gasteiger partial charge in [-0.2, -0.15) is 8.78 Å². The first-order valence-corrected chi connectivity index (χ1v) is 6.57. The molecule has 2 rings (SSSR count). The van der Waals surface area contributed by atoms with Gasteiger partial charge < -0.3 is 15.2 Å². The number of benzene rings is 2. The largest absolute Gasteiger partial charge is 0.485 e. The number of hydrogen-bond donors (Lipinski definition) is 1. The lowest BCUT2D eigenvalue weighted by molar-refractivity contribution is -0.0498. The summed E-state index contributed by atoms with van der Waals surface area (Å²) in [4.78, 5) is 23.2. The van der Waals surface area contributed by atoms with Crippen molar-refractivity contribution in [2.24, 2.45) is 5.73 Å². The molecule has 5 nitrogen and oxygen atoms in total. The molecule has 0 aliphatic carbocycles. The van der Waals surface area contributed by atoms with Gasteiger partial charge in [-0.3, -0.25) is 9.59 Å². The van der Waals surface area contributed by atoms with Crippen molar-refractivity contribution in [3.8, 4) is 11.5 Å². The maximum atomic E-state index is 12.0. The Morgan fingerprint density at radius 3 is 2.30 bits per heavy atom. The molecule has 120 valence electrons. The molecule has 0 fully saturated rings. The highest BCUT2D eigenvalue weighted by Gasteiger charge is 2.12. The second-order valence-electron chi connectivity index (χ2n) is 4.48. The molecule has 7 heteroatoms. The SMILES string of the molecule is NC(=O)c1ccccc1OCC(=O)c1ccc(OC(F)F)cc1. The molecule has 0 aromatic heterocycles. The van der Waals surface area contributed by atoms with Crippen molar-refractivity contribution in [2.75, 3.05) is 6.61 Å². The fourth-order valence-electron chi connectivity index (χ4n) is 1.84. The predicted octanol–water partition coefficient (Wildman–Crippen LogP) is 2.65. The lowest BCUT2D eigenvalue weighted by atomic mass is 10.1. The molecule has 0 aliphatic heterocycles. The number of halogens is 2. The van der Waals surface area contributed by atoms with Crippen molar-refractivity contribution < 1.29 is 27.8 Å². The third-order valence-corrected chi connectivity index (χ3v) is 2.91. The number of hydrogen-bond acceptors (Lipinski definition) is 4. The maximum Gasteiger partial charge on any atom is 0.387 e. The Morgan fingerprint density at radius 1 is 1.04 bits per heavy atom. The standard InChI is InChI=1S/C16H13F2NO4/c17-16(18)23-11-7-5-10(6-8-11)13(20)9-22-14-4-2-1-3-12(14)15(19)21/h1-8,16H,9H2,(H2,19,21). The van der Waals surface area contributed by atoms with E-state index in [0.29, 0.717) is 0 Å². The van der Waals surface area contributed by atoms with Crippen molar-refractivity contribution in [1.82, 2.24) is 0 Å². The Labute approximate surface area is 130 Å². The van der Waals surface area contributed by atoms with Gasteiger partial charge in [0.1, 0.15) is 11.5 Å². The van der Waals surface area contributed by atoms with Crippen LogP contribution in [0.4, 0.5) is 8.78 Å². The molecule has 2 aromatic rings. The second kappa shape index (κ2) is 7.35. The first-order valence-electron chi connectivity index (χ1n) is 6.57. The van der Waals surface area contributed by atoms with Gasteiger partial charge in [0, 0.05) is 5.56 Å². The molecule has 0 aliphatic rings. The van der Waals surface area contributed by atoms with Crippen LogP contribution in [0.15, 0.2) is 48.5 Å². The Bertz CT molecular complexity index is 701. The average Bonchev–Trinajstić information content (AvgIpc) is 2.53. The summed E-state index contributed by atoms with van der Waals surface area (Å²) in [6, 6.07) is 11.5. The number of primary amides is 1. The molecular formula is C16H13F2NO4. The van der Waals surface area contributed by atoms with Gasteiger partial charge in [0.15, 0.2) is 12.4 Å². The molecule has 23 heavy (non-hydrogen) atoms. The van der Waals surface area contributed by atoms with E-state index in [4.69, 9.17) is 10.5 Å². The Morgan fingerprint density at radius 2 is 1.70 bits per heavy atom. The zero-order chi connectivity index (χ0) is 16.8. The lowest BCUT2D eigenvalue weighted by Crippen LogP contribution is -2.16. The number of alkyl halides is 2. The van der Waals surface area contributed by atoms with E-state index in [9.17, 15) is 18.4 Å². The van der Waals surface area contributed by atoms with Crippen molar-refractivity contribution in [2.45, 2.75) is 6.61 Å². The van der Waals surface area contributed by atoms with Gasteiger partial charge in [0.25, 0.3) is 5.91 Å². The summed E-state index contributed by atoms with van der Waals surface area (Å²) in [5.74, 6) is -0.892. The van der Waals surface area contributed by atoms with Crippen molar-refractivity contribution >= 4 is 11.7 Å². The molecule has 2 N–H and O–H groups in total.